The van der Waals surface area contributed by atoms with Crippen LogP contribution in [0.5, 0.6) is 0 Å². The Morgan fingerprint density at radius 2 is 2.19 bits per heavy atom. The van der Waals surface area contributed by atoms with E-state index in [9.17, 15) is 13.6 Å². The van der Waals surface area contributed by atoms with E-state index in [1.807, 2.05) is 12.1 Å². The predicted octanol–water partition coefficient (Wildman–Crippen LogP) is 2.47. The van der Waals surface area contributed by atoms with Gasteiger partial charge in [-0.1, -0.05) is 6.07 Å². The molecule has 1 aliphatic heterocycles. The van der Waals surface area contributed by atoms with Crippen molar-refractivity contribution in [2.45, 2.75) is 31.7 Å². The minimum Gasteiger partial charge on any atom is -0.456 e. The lowest BCUT2D eigenvalue weighted by Crippen LogP contribution is -2.28. The fourth-order valence-electron chi connectivity index (χ4n) is 2.37. The van der Waals surface area contributed by atoms with Gasteiger partial charge in [-0.25, -0.2) is 13.6 Å². The molecule has 112 valence electrons. The van der Waals surface area contributed by atoms with Crippen molar-refractivity contribution >= 4 is 5.97 Å². The number of carbonyl (C=O) groups excluding carboxylic acids is 1. The van der Waals surface area contributed by atoms with Crippen LogP contribution in [0.2, 0.25) is 0 Å². The SMILES string of the molecule is O=C1C=C(N(Cc2ccc(C3CC3)nc2)CC(F)F)CO1. The minimum absolute atomic E-state index is 0.0547. The number of nitrogens with zero attached hydrogens (tertiary/aromatic N) is 2. The highest BCUT2D eigenvalue weighted by molar-refractivity contribution is 5.85. The van der Waals surface area contributed by atoms with Gasteiger partial charge in [-0.2, -0.15) is 0 Å². The van der Waals surface area contributed by atoms with Crippen molar-refractivity contribution in [1.82, 2.24) is 9.88 Å². The van der Waals surface area contributed by atoms with E-state index in [2.05, 4.69) is 4.98 Å². The smallest absolute Gasteiger partial charge is 0.333 e. The van der Waals surface area contributed by atoms with Crippen LogP contribution in [0, 0.1) is 0 Å². The number of carbonyl (C=O) groups is 1. The summed E-state index contributed by atoms with van der Waals surface area (Å²) in [7, 11) is 0. The number of pyridine rings is 1. The molecule has 0 atom stereocenters. The second-order valence-electron chi connectivity index (χ2n) is 5.38. The first-order chi connectivity index (χ1) is 10.1. The molecule has 1 fully saturated rings. The van der Waals surface area contributed by atoms with Gasteiger partial charge in [-0.05, 0) is 24.5 Å². The molecular weight excluding hydrogens is 278 g/mol. The monoisotopic (exact) mass is 294 g/mol. The second kappa shape index (κ2) is 5.79. The number of aromatic nitrogens is 1. The van der Waals surface area contributed by atoms with Gasteiger partial charge in [0.25, 0.3) is 6.43 Å². The summed E-state index contributed by atoms with van der Waals surface area (Å²) in [4.78, 5) is 17.0. The van der Waals surface area contributed by atoms with Crippen molar-refractivity contribution in [3.05, 3.63) is 41.4 Å². The van der Waals surface area contributed by atoms with E-state index in [1.54, 1.807) is 6.20 Å². The zero-order chi connectivity index (χ0) is 14.8. The van der Waals surface area contributed by atoms with E-state index in [-0.39, 0.29) is 6.61 Å². The number of hydrogen-bond donors (Lipinski definition) is 0. The third-order valence-corrected chi connectivity index (χ3v) is 3.63. The summed E-state index contributed by atoms with van der Waals surface area (Å²) < 4.78 is 30.2. The number of rotatable bonds is 6. The summed E-state index contributed by atoms with van der Waals surface area (Å²) >= 11 is 0. The van der Waals surface area contributed by atoms with Crippen LogP contribution in [0.15, 0.2) is 30.1 Å². The lowest BCUT2D eigenvalue weighted by molar-refractivity contribution is -0.135. The Morgan fingerprint density at radius 1 is 1.38 bits per heavy atom. The van der Waals surface area contributed by atoms with Crippen LogP contribution in [0.4, 0.5) is 8.78 Å². The van der Waals surface area contributed by atoms with Crippen LogP contribution in [-0.2, 0) is 16.1 Å². The molecule has 1 aromatic heterocycles. The minimum atomic E-state index is -2.47. The topological polar surface area (TPSA) is 42.4 Å². The first-order valence-corrected chi connectivity index (χ1v) is 6.97. The molecule has 0 saturated heterocycles. The van der Waals surface area contributed by atoms with Gasteiger partial charge in [0.1, 0.15) is 6.61 Å². The van der Waals surface area contributed by atoms with Gasteiger partial charge in [-0.3, -0.25) is 4.98 Å². The zero-order valence-corrected chi connectivity index (χ0v) is 11.5. The van der Waals surface area contributed by atoms with Crippen molar-refractivity contribution in [2.75, 3.05) is 13.2 Å². The van der Waals surface area contributed by atoms with E-state index in [0.717, 1.165) is 11.3 Å². The maximum atomic E-state index is 12.7. The number of hydrogen-bond acceptors (Lipinski definition) is 4. The van der Waals surface area contributed by atoms with Crippen molar-refractivity contribution in [3.8, 4) is 0 Å². The summed E-state index contributed by atoms with van der Waals surface area (Å²) in [6.45, 7) is -0.0727. The number of halogens is 2. The average molecular weight is 294 g/mol. The fourth-order valence-corrected chi connectivity index (χ4v) is 2.37. The number of cyclic esters (lactones) is 1. The maximum Gasteiger partial charge on any atom is 0.333 e. The molecule has 0 bridgehead atoms. The number of esters is 1. The van der Waals surface area contributed by atoms with Crippen molar-refractivity contribution < 1.29 is 18.3 Å². The predicted molar refractivity (Wildman–Crippen MR) is 71.7 cm³/mol. The normalized spacial score (nSPS) is 17.9. The van der Waals surface area contributed by atoms with E-state index in [1.165, 1.54) is 23.8 Å². The first-order valence-electron chi connectivity index (χ1n) is 6.97. The molecule has 2 heterocycles. The fraction of sp³-hybridized carbons (Fsp3) is 0.467. The maximum absolute atomic E-state index is 12.7. The first kappa shape index (κ1) is 14.0. The van der Waals surface area contributed by atoms with Crippen LogP contribution < -0.4 is 0 Å². The molecule has 1 aromatic rings. The van der Waals surface area contributed by atoms with Crippen LogP contribution in [0.25, 0.3) is 0 Å². The lowest BCUT2D eigenvalue weighted by Gasteiger charge is -2.24. The largest absolute Gasteiger partial charge is 0.456 e. The Morgan fingerprint density at radius 3 is 2.71 bits per heavy atom. The Balaban J connectivity index is 1.70. The quantitative estimate of drug-likeness (QED) is 0.756. The molecule has 1 aliphatic carbocycles. The molecule has 0 spiro atoms. The third-order valence-electron chi connectivity index (χ3n) is 3.63. The van der Waals surface area contributed by atoms with Crippen molar-refractivity contribution in [2.24, 2.45) is 0 Å². The summed E-state index contributed by atoms with van der Waals surface area (Å²) in [5.41, 5.74) is 2.41. The van der Waals surface area contributed by atoms with Crippen LogP contribution >= 0.6 is 0 Å². The molecule has 0 aromatic carbocycles. The Kier molecular flexibility index (Phi) is 3.86. The summed E-state index contributed by atoms with van der Waals surface area (Å²) in [6, 6.07) is 3.87. The summed E-state index contributed by atoms with van der Waals surface area (Å²) in [6.07, 6.45) is 2.88. The van der Waals surface area contributed by atoms with Gasteiger partial charge < -0.3 is 9.64 Å². The summed E-state index contributed by atoms with van der Waals surface area (Å²) in [5, 5.41) is 0. The van der Waals surface area contributed by atoms with Gasteiger partial charge in [-0.15, -0.1) is 0 Å². The van der Waals surface area contributed by atoms with Crippen LogP contribution in [-0.4, -0.2) is 35.4 Å². The average Bonchev–Trinajstić information content (AvgIpc) is 3.20. The third kappa shape index (κ3) is 3.56. The van der Waals surface area contributed by atoms with E-state index < -0.39 is 18.9 Å². The molecule has 6 heteroatoms. The molecule has 21 heavy (non-hydrogen) atoms. The standard InChI is InChI=1S/C15H16F2N2O2/c16-14(17)8-19(12-5-15(20)21-9-12)7-10-1-4-13(18-6-10)11-2-3-11/h1,4-6,11,14H,2-3,7-9H2. The molecular formula is C15H16F2N2O2. The van der Waals surface area contributed by atoms with Gasteiger partial charge in [0.15, 0.2) is 0 Å². The molecule has 2 aliphatic rings. The van der Waals surface area contributed by atoms with E-state index in [0.29, 0.717) is 18.2 Å². The molecule has 3 rings (SSSR count). The molecule has 0 amide bonds. The van der Waals surface area contributed by atoms with Crippen LogP contribution in [0.3, 0.4) is 0 Å². The highest BCUT2D eigenvalue weighted by Crippen LogP contribution is 2.38. The van der Waals surface area contributed by atoms with Crippen LogP contribution in [0.1, 0.15) is 30.0 Å². The number of ether oxygens (including phenoxy) is 1. The highest BCUT2D eigenvalue weighted by Gasteiger charge is 2.25. The lowest BCUT2D eigenvalue weighted by atomic mass is 10.2. The molecule has 0 radical (unpaired) electrons. The van der Waals surface area contributed by atoms with Gasteiger partial charge in [0.2, 0.25) is 0 Å². The van der Waals surface area contributed by atoms with Gasteiger partial charge >= 0.3 is 5.97 Å². The molecule has 0 unspecified atom stereocenters. The van der Waals surface area contributed by atoms with Gasteiger partial charge in [0.05, 0.1) is 12.2 Å². The Labute approximate surface area is 121 Å². The zero-order valence-electron chi connectivity index (χ0n) is 11.5. The molecule has 1 saturated carbocycles. The molecule has 0 N–H and O–H groups in total. The van der Waals surface area contributed by atoms with Crippen molar-refractivity contribution in [3.63, 3.8) is 0 Å². The Bertz CT molecular complexity index is 553. The van der Waals surface area contributed by atoms with Gasteiger partial charge in [0, 0.05) is 30.4 Å². The van der Waals surface area contributed by atoms with Crippen molar-refractivity contribution in [1.29, 1.82) is 0 Å². The Hall–Kier alpha value is -1.98. The molecule has 4 nitrogen and oxygen atoms in total. The van der Waals surface area contributed by atoms with E-state index in [4.69, 9.17) is 4.74 Å². The second-order valence-corrected chi connectivity index (χ2v) is 5.38. The highest BCUT2D eigenvalue weighted by atomic mass is 19.3. The summed E-state index contributed by atoms with van der Waals surface area (Å²) in [5.74, 6) is 0.0891. The number of alkyl halides is 2. The van der Waals surface area contributed by atoms with E-state index >= 15 is 0 Å².